The van der Waals surface area contributed by atoms with Gasteiger partial charge in [0, 0.05) is 24.6 Å². The van der Waals surface area contributed by atoms with Crippen molar-refractivity contribution in [1.29, 1.82) is 0 Å². The zero-order valence-corrected chi connectivity index (χ0v) is 12.8. The van der Waals surface area contributed by atoms with Crippen molar-refractivity contribution in [2.24, 2.45) is 5.92 Å². The maximum atomic E-state index is 12.4. The monoisotopic (exact) mass is 287 g/mol. The summed E-state index contributed by atoms with van der Waals surface area (Å²) in [6.07, 6.45) is 5.23. The summed E-state index contributed by atoms with van der Waals surface area (Å²) < 4.78 is 0. The van der Waals surface area contributed by atoms with Crippen LogP contribution in [-0.2, 0) is 0 Å². The molecule has 1 heterocycles. The molecule has 21 heavy (non-hydrogen) atoms. The fourth-order valence-corrected chi connectivity index (χ4v) is 3.90. The molecule has 2 unspecified atom stereocenters. The number of aryl methyl sites for hydroxylation is 1. The number of hydrogen-bond donors (Lipinski definition) is 1. The Bertz CT molecular complexity index is 528. The fraction of sp³-hybridized carbons (Fsp3) is 0.611. The minimum absolute atomic E-state index is 0.194. The summed E-state index contributed by atoms with van der Waals surface area (Å²) in [6.45, 7) is 4.20. The molecule has 114 valence electrons. The van der Waals surface area contributed by atoms with Crippen molar-refractivity contribution in [3.05, 3.63) is 35.4 Å². The zero-order valence-electron chi connectivity index (χ0n) is 12.8. The highest BCUT2D eigenvalue weighted by Crippen LogP contribution is 2.39. The predicted molar refractivity (Wildman–Crippen MR) is 83.5 cm³/mol. The van der Waals surface area contributed by atoms with E-state index in [1.54, 1.807) is 0 Å². The fourth-order valence-electron chi connectivity index (χ4n) is 3.90. The van der Waals surface area contributed by atoms with Crippen LogP contribution in [0.15, 0.2) is 24.3 Å². The molecule has 2 atom stereocenters. The standard InChI is InChI=1S/C18H25NO2/c1-14-5-4-6-15(11-14)17(20)13-19-10-9-18(21)8-3-2-7-16(18)12-19/h4-6,11,16,21H,2-3,7-10,12-13H2,1H3. The molecule has 3 rings (SSSR count). The number of ketones is 1. The molecular formula is C18H25NO2. The van der Waals surface area contributed by atoms with Gasteiger partial charge in [-0.15, -0.1) is 0 Å². The molecule has 1 aromatic rings. The van der Waals surface area contributed by atoms with Crippen LogP contribution in [0.1, 0.15) is 48.0 Å². The summed E-state index contributed by atoms with van der Waals surface area (Å²) in [4.78, 5) is 14.6. The normalized spacial score (nSPS) is 29.9. The number of benzene rings is 1. The smallest absolute Gasteiger partial charge is 0.176 e. The number of hydrogen-bond acceptors (Lipinski definition) is 3. The SMILES string of the molecule is Cc1cccc(C(=O)CN2CCC3(O)CCCCC3C2)c1. The van der Waals surface area contributed by atoms with Gasteiger partial charge in [-0.05, 0) is 32.3 Å². The van der Waals surface area contributed by atoms with Crippen LogP contribution in [0.25, 0.3) is 0 Å². The maximum Gasteiger partial charge on any atom is 0.176 e. The van der Waals surface area contributed by atoms with Gasteiger partial charge >= 0.3 is 0 Å². The van der Waals surface area contributed by atoms with Crippen LogP contribution in [0.3, 0.4) is 0 Å². The third-order valence-corrected chi connectivity index (χ3v) is 5.22. The lowest BCUT2D eigenvalue weighted by Crippen LogP contribution is -2.54. The largest absolute Gasteiger partial charge is 0.390 e. The molecule has 1 aliphatic carbocycles. The first kappa shape index (κ1) is 14.7. The number of rotatable bonds is 3. The average Bonchev–Trinajstić information content (AvgIpc) is 2.47. The summed E-state index contributed by atoms with van der Waals surface area (Å²) in [5, 5.41) is 10.7. The Morgan fingerprint density at radius 1 is 1.38 bits per heavy atom. The number of piperidine rings is 1. The van der Waals surface area contributed by atoms with Gasteiger partial charge in [0.2, 0.25) is 0 Å². The molecule has 2 aliphatic rings. The second-order valence-corrected chi connectivity index (χ2v) is 6.82. The first-order valence-electron chi connectivity index (χ1n) is 8.11. The lowest BCUT2D eigenvalue weighted by molar-refractivity contribution is -0.0936. The van der Waals surface area contributed by atoms with Gasteiger partial charge in [0.05, 0.1) is 12.1 Å². The van der Waals surface area contributed by atoms with Crippen LogP contribution in [0.5, 0.6) is 0 Å². The first-order chi connectivity index (χ1) is 10.1. The van der Waals surface area contributed by atoms with Crippen LogP contribution >= 0.6 is 0 Å². The third kappa shape index (κ3) is 3.19. The van der Waals surface area contributed by atoms with Gasteiger partial charge in [-0.1, -0.05) is 36.6 Å². The molecule has 0 bridgehead atoms. The Hall–Kier alpha value is -1.19. The zero-order chi connectivity index (χ0) is 14.9. The van der Waals surface area contributed by atoms with Crippen LogP contribution < -0.4 is 0 Å². The molecule has 1 aliphatic heterocycles. The Labute approximate surface area is 127 Å². The second-order valence-electron chi connectivity index (χ2n) is 6.82. The van der Waals surface area contributed by atoms with Gasteiger partial charge in [0.1, 0.15) is 0 Å². The van der Waals surface area contributed by atoms with E-state index in [9.17, 15) is 9.90 Å². The van der Waals surface area contributed by atoms with E-state index in [0.717, 1.165) is 49.9 Å². The van der Waals surface area contributed by atoms with Crippen LogP contribution in [-0.4, -0.2) is 41.0 Å². The van der Waals surface area contributed by atoms with Crippen molar-refractivity contribution < 1.29 is 9.90 Å². The number of nitrogens with zero attached hydrogens (tertiary/aromatic N) is 1. The van der Waals surface area contributed by atoms with Gasteiger partial charge in [-0.2, -0.15) is 0 Å². The van der Waals surface area contributed by atoms with E-state index >= 15 is 0 Å². The number of fused-ring (bicyclic) bond motifs is 1. The van der Waals surface area contributed by atoms with E-state index in [4.69, 9.17) is 0 Å². The molecule has 3 nitrogen and oxygen atoms in total. The number of carbonyl (C=O) groups excluding carboxylic acids is 1. The molecule has 0 radical (unpaired) electrons. The summed E-state index contributed by atoms with van der Waals surface area (Å²) in [6, 6.07) is 7.82. The highest BCUT2D eigenvalue weighted by atomic mass is 16.3. The summed E-state index contributed by atoms with van der Waals surface area (Å²) >= 11 is 0. The van der Waals surface area contributed by atoms with E-state index in [-0.39, 0.29) is 5.78 Å². The molecule has 0 spiro atoms. The molecule has 3 heteroatoms. The van der Waals surface area contributed by atoms with E-state index in [0.29, 0.717) is 12.5 Å². The topological polar surface area (TPSA) is 40.5 Å². The van der Waals surface area contributed by atoms with Crippen molar-refractivity contribution in [1.82, 2.24) is 4.90 Å². The molecule has 1 saturated heterocycles. The molecule has 1 saturated carbocycles. The molecular weight excluding hydrogens is 262 g/mol. The highest BCUT2D eigenvalue weighted by Gasteiger charge is 2.42. The maximum absolute atomic E-state index is 12.4. The van der Waals surface area contributed by atoms with Gasteiger partial charge in [0.15, 0.2) is 5.78 Å². The Morgan fingerprint density at radius 3 is 3.05 bits per heavy atom. The Morgan fingerprint density at radius 2 is 2.24 bits per heavy atom. The van der Waals surface area contributed by atoms with Crippen LogP contribution in [0.2, 0.25) is 0 Å². The summed E-state index contributed by atoms with van der Waals surface area (Å²) in [5.41, 5.74) is 1.47. The van der Waals surface area contributed by atoms with Crippen molar-refractivity contribution in [3.63, 3.8) is 0 Å². The third-order valence-electron chi connectivity index (χ3n) is 5.22. The van der Waals surface area contributed by atoms with Crippen molar-refractivity contribution in [2.45, 2.75) is 44.6 Å². The quantitative estimate of drug-likeness (QED) is 0.869. The van der Waals surface area contributed by atoms with Gasteiger partial charge < -0.3 is 5.11 Å². The number of Topliss-reactive ketones (excluding diaryl/α,β-unsaturated/α-hetero) is 1. The lowest BCUT2D eigenvalue weighted by Gasteiger charge is -2.47. The average molecular weight is 287 g/mol. The number of carbonyl (C=O) groups is 1. The Kier molecular flexibility index (Phi) is 4.14. The molecule has 0 amide bonds. The molecule has 0 aromatic heterocycles. The van der Waals surface area contributed by atoms with Crippen LogP contribution in [0.4, 0.5) is 0 Å². The predicted octanol–water partition coefficient (Wildman–Crippen LogP) is 2.80. The van der Waals surface area contributed by atoms with Crippen LogP contribution in [0, 0.1) is 12.8 Å². The minimum Gasteiger partial charge on any atom is -0.390 e. The summed E-state index contributed by atoms with van der Waals surface area (Å²) in [5.74, 6) is 0.547. The van der Waals surface area contributed by atoms with E-state index in [2.05, 4.69) is 4.90 Å². The second kappa shape index (κ2) is 5.90. The van der Waals surface area contributed by atoms with Gasteiger partial charge in [-0.25, -0.2) is 0 Å². The van der Waals surface area contributed by atoms with E-state index < -0.39 is 5.60 Å². The lowest BCUT2D eigenvalue weighted by atomic mass is 9.71. The number of likely N-dealkylation sites (tertiary alicyclic amines) is 1. The van der Waals surface area contributed by atoms with E-state index in [1.165, 1.54) is 6.42 Å². The van der Waals surface area contributed by atoms with E-state index in [1.807, 2.05) is 31.2 Å². The van der Waals surface area contributed by atoms with Crippen molar-refractivity contribution in [3.8, 4) is 0 Å². The Balaban J connectivity index is 1.62. The first-order valence-corrected chi connectivity index (χ1v) is 8.11. The van der Waals surface area contributed by atoms with Crippen molar-refractivity contribution >= 4 is 5.78 Å². The van der Waals surface area contributed by atoms with Gasteiger partial charge in [-0.3, -0.25) is 9.69 Å². The molecule has 2 fully saturated rings. The summed E-state index contributed by atoms with van der Waals surface area (Å²) in [7, 11) is 0. The highest BCUT2D eigenvalue weighted by molar-refractivity contribution is 5.97. The van der Waals surface area contributed by atoms with Crippen molar-refractivity contribution in [2.75, 3.05) is 19.6 Å². The molecule has 1 N–H and O–H groups in total. The minimum atomic E-state index is -0.457. The number of aliphatic hydroxyl groups is 1. The molecule has 1 aromatic carbocycles. The van der Waals surface area contributed by atoms with Gasteiger partial charge in [0.25, 0.3) is 0 Å².